The average Bonchev–Trinajstić information content (AvgIpc) is 3.10. The normalized spacial score (nSPS) is 15.6. The Hall–Kier alpha value is -2.96. The van der Waals surface area contributed by atoms with Crippen LogP contribution in [-0.2, 0) is 4.79 Å². The van der Waals surface area contributed by atoms with E-state index in [-0.39, 0.29) is 24.1 Å². The number of rotatable bonds is 8. The van der Waals surface area contributed by atoms with Crippen LogP contribution in [0, 0.1) is 19.7 Å². The molecule has 0 unspecified atom stereocenters. The number of carbonyl (C=O) groups is 3. The molecule has 1 aromatic heterocycles. The molecule has 1 N–H and O–H groups in total. The van der Waals surface area contributed by atoms with Crippen molar-refractivity contribution in [2.45, 2.75) is 58.9 Å². The number of aryl methyl sites for hydroxylation is 1. The van der Waals surface area contributed by atoms with Gasteiger partial charge in [0.1, 0.15) is 11.4 Å². The van der Waals surface area contributed by atoms with E-state index in [1.165, 1.54) is 12.1 Å². The lowest BCUT2D eigenvalue weighted by atomic mass is 9.88. The van der Waals surface area contributed by atoms with Crippen LogP contribution < -0.4 is 5.32 Å². The zero-order valence-electron chi connectivity index (χ0n) is 17.9. The molecule has 7 heteroatoms. The van der Waals surface area contributed by atoms with E-state index >= 15 is 0 Å². The SMILES string of the molecule is CCCC1(CCC)NC(=O)N(CC(=O)c2cc(C)n(-c3cccc(F)c3)c2C)C1=O. The molecule has 1 fully saturated rings. The van der Waals surface area contributed by atoms with Crippen LogP contribution in [0.25, 0.3) is 5.69 Å². The number of imide groups is 1. The summed E-state index contributed by atoms with van der Waals surface area (Å²) >= 11 is 0. The molecule has 160 valence electrons. The van der Waals surface area contributed by atoms with Crippen LogP contribution in [0.3, 0.4) is 0 Å². The molecule has 0 spiro atoms. The maximum atomic E-state index is 13.7. The van der Waals surface area contributed by atoms with Crippen LogP contribution in [-0.4, -0.2) is 39.3 Å². The number of carbonyl (C=O) groups excluding carboxylic acids is 3. The Balaban J connectivity index is 1.87. The largest absolute Gasteiger partial charge is 0.325 e. The molecular formula is C23H28FN3O3. The smallest absolute Gasteiger partial charge is 0.323 e. The first kappa shape index (κ1) is 21.7. The van der Waals surface area contributed by atoms with Gasteiger partial charge in [-0.25, -0.2) is 9.18 Å². The third-order valence-electron chi connectivity index (χ3n) is 5.70. The maximum absolute atomic E-state index is 13.7. The van der Waals surface area contributed by atoms with Crippen molar-refractivity contribution < 1.29 is 18.8 Å². The van der Waals surface area contributed by atoms with Crippen LogP contribution in [0.1, 0.15) is 61.3 Å². The number of Topliss-reactive ketones (excluding diaryl/α,β-unsaturated/α-hetero) is 1. The summed E-state index contributed by atoms with van der Waals surface area (Å²) < 4.78 is 15.5. The van der Waals surface area contributed by atoms with Gasteiger partial charge >= 0.3 is 6.03 Å². The van der Waals surface area contributed by atoms with E-state index in [4.69, 9.17) is 0 Å². The standard InChI is InChI=1S/C23H28FN3O3/c1-5-10-23(11-6-2)21(29)26(22(30)25-23)14-20(28)19-12-15(3)27(16(19)4)18-9-7-8-17(24)13-18/h7-9,12-13H,5-6,10-11,14H2,1-4H3,(H,25,30). The van der Waals surface area contributed by atoms with E-state index < -0.39 is 11.6 Å². The van der Waals surface area contributed by atoms with Gasteiger partial charge in [0.05, 0.1) is 6.54 Å². The summed E-state index contributed by atoms with van der Waals surface area (Å²) in [5.41, 5.74) is 1.53. The van der Waals surface area contributed by atoms with Gasteiger partial charge in [-0.2, -0.15) is 0 Å². The second-order valence-electron chi connectivity index (χ2n) is 7.93. The summed E-state index contributed by atoms with van der Waals surface area (Å²) in [6.07, 6.45) is 2.60. The number of amides is 3. The number of hydrogen-bond acceptors (Lipinski definition) is 3. The number of halogens is 1. The van der Waals surface area contributed by atoms with Crippen LogP contribution in [0.5, 0.6) is 0 Å². The van der Waals surface area contributed by atoms with Crippen molar-refractivity contribution in [2.24, 2.45) is 0 Å². The second-order valence-corrected chi connectivity index (χ2v) is 7.93. The molecule has 30 heavy (non-hydrogen) atoms. The molecule has 1 aliphatic heterocycles. The number of aromatic nitrogens is 1. The van der Waals surface area contributed by atoms with Crippen molar-refractivity contribution in [3.8, 4) is 5.69 Å². The topological polar surface area (TPSA) is 71.4 Å². The van der Waals surface area contributed by atoms with Crippen LogP contribution in [0.4, 0.5) is 9.18 Å². The first-order chi connectivity index (χ1) is 14.2. The molecule has 1 aromatic carbocycles. The Morgan fingerprint density at radius 1 is 1.10 bits per heavy atom. The van der Waals surface area contributed by atoms with Crippen molar-refractivity contribution >= 4 is 17.7 Å². The van der Waals surface area contributed by atoms with E-state index in [1.807, 2.05) is 20.8 Å². The predicted molar refractivity (Wildman–Crippen MR) is 112 cm³/mol. The van der Waals surface area contributed by atoms with Gasteiger partial charge < -0.3 is 9.88 Å². The molecule has 1 aliphatic rings. The van der Waals surface area contributed by atoms with Crippen molar-refractivity contribution in [1.82, 2.24) is 14.8 Å². The predicted octanol–water partition coefficient (Wildman–Crippen LogP) is 4.31. The summed E-state index contributed by atoms with van der Waals surface area (Å²) in [6.45, 7) is 7.22. The highest BCUT2D eigenvalue weighted by atomic mass is 19.1. The highest BCUT2D eigenvalue weighted by Crippen LogP contribution is 2.29. The minimum atomic E-state index is -0.917. The van der Waals surface area contributed by atoms with Crippen molar-refractivity contribution in [2.75, 3.05) is 6.54 Å². The number of urea groups is 1. The first-order valence-corrected chi connectivity index (χ1v) is 10.4. The van der Waals surface area contributed by atoms with Gasteiger partial charge in [0.2, 0.25) is 0 Å². The number of nitrogens with zero attached hydrogens (tertiary/aromatic N) is 2. The summed E-state index contributed by atoms with van der Waals surface area (Å²) in [6, 6.07) is 7.33. The number of ketones is 1. The molecule has 3 rings (SSSR count). The first-order valence-electron chi connectivity index (χ1n) is 10.4. The molecule has 0 radical (unpaired) electrons. The van der Waals surface area contributed by atoms with Gasteiger partial charge in [0, 0.05) is 22.6 Å². The van der Waals surface area contributed by atoms with Crippen molar-refractivity contribution in [3.05, 3.63) is 53.1 Å². The number of nitrogens with one attached hydrogen (secondary N) is 1. The van der Waals surface area contributed by atoms with Crippen molar-refractivity contribution in [1.29, 1.82) is 0 Å². The van der Waals surface area contributed by atoms with Gasteiger partial charge in [-0.3, -0.25) is 14.5 Å². The van der Waals surface area contributed by atoms with Gasteiger partial charge in [-0.15, -0.1) is 0 Å². The Bertz CT molecular complexity index is 990. The molecule has 0 aliphatic carbocycles. The van der Waals surface area contributed by atoms with Crippen LogP contribution in [0.15, 0.2) is 30.3 Å². The third-order valence-corrected chi connectivity index (χ3v) is 5.70. The molecular weight excluding hydrogens is 385 g/mol. The Kier molecular flexibility index (Phi) is 6.10. The monoisotopic (exact) mass is 413 g/mol. The lowest BCUT2D eigenvalue weighted by Gasteiger charge is -2.25. The minimum absolute atomic E-state index is 0.312. The van der Waals surface area contributed by atoms with Crippen molar-refractivity contribution in [3.63, 3.8) is 0 Å². The summed E-state index contributed by atoms with van der Waals surface area (Å²) in [5.74, 6) is -1.02. The molecule has 0 atom stereocenters. The van der Waals surface area contributed by atoms with Gasteiger partial charge in [0.25, 0.3) is 5.91 Å². The van der Waals surface area contributed by atoms with E-state index in [1.54, 1.807) is 29.7 Å². The van der Waals surface area contributed by atoms with E-state index in [0.717, 1.165) is 23.4 Å². The van der Waals surface area contributed by atoms with E-state index in [0.29, 0.717) is 29.8 Å². The summed E-state index contributed by atoms with van der Waals surface area (Å²) in [7, 11) is 0. The molecule has 6 nitrogen and oxygen atoms in total. The highest BCUT2D eigenvalue weighted by molar-refractivity contribution is 6.11. The Morgan fingerprint density at radius 2 is 1.77 bits per heavy atom. The molecule has 3 amide bonds. The Labute approximate surface area is 176 Å². The fraction of sp³-hybridized carbons (Fsp3) is 0.435. The quantitative estimate of drug-likeness (QED) is 0.518. The van der Waals surface area contributed by atoms with Gasteiger partial charge in [0.15, 0.2) is 5.78 Å². The minimum Gasteiger partial charge on any atom is -0.323 e. The van der Waals surface area contributed by atoms with E-state index in [2.05, 4.69) is 5.32 Å². The lowest BCUT2D eigenvalue weighted by molar-refractivity contribution is -0.131. The fourth-order valence-electron chi connectivity index (χ4n) is 4.42. The van der Waals surface area contributed by atoms with Gasteiger partial charge in [-0.1, -0.05) is 32.8 Å². The van der Waals surface area contributed by atoms with Crippen LogP contribution >= 0.6 is 0 Å². The zero-order chi connectivity index (χ0) is 22.1. The highest BCUT2D eigenvalue weighted by Gasteiger charge is 2.50. The second kappa shape index (κ2) is 8.42. The zero-order valence-corrected chi connectivity index (χ0v) is 17.9. The maximum Gasteiger partial charge on any atom is 0.325 e. The fourth-order valence-corrected chi connectivity index (χ4v) is 4.42. The average molecular weight is 413 g/mol. The summed E-state index contributed by atoms with van der Waals surface area (Å²) in [5, 5.41) is 2.83. The van der Waals surface area contributed by atoms with Gasteiger partial charge in [-0.05, 0) is 51.0 Å². The molecule has 2 heterocycles. The molecule has 2 aromatic rings. The third kappa shape index (κ3) is 3.76. The summed E-state index contributed by atoms with van der Waals surface area (Å²) in [4.78, 5) is 39.6. The Morgan fingerprint density at radius 3 is 2.37 bits per heavy atom. The van der Waals surface area contributed by atoms with Crippen LogP contribution in [0.2, 0.25) is 0 Å². The number of benzene rings is 1. The molecule has 0 saturated carbocycles. The number of hydrogen-bond donors (Lipinski definition) is 1. The lowest BCUT2D eigenvalue weighted by Crippen LogP contribution is -2.47. The molecule has 0 bridgehead atoms. The van der Waals surface area contributed by atoms with E-state index in [9.17, 15) is 18.8 Å². The molecule has 1 saturated heterocycles.